The zero-order valence-electron chi connectivity index (χ0n) is 8.04. The third kappa shape index (κ3) is 1.15. The predicted molar refractivity (Wildman–Crippen MR) is 58.1 cm³/mol. The van der Waals surface area contributed by atoms with Crippen LogP contribution in [-0.2, 0) is 7.05 Å². The smallest absolute Gasteiger partial charge is 0.152 e. The summed E-state index contributed by atoms with van der Waals surface area (Å²) in [4.78, 5) is 10.9. The molecule has 0 aliphatic heterocycles. The lowest BCUT2D eigenvalue weighted by molar-refractivity contribution is 0.112. The summed E-state index contributed by atoms with van der Waals surface area (Å²) in [5.41, 5.74) is 2.72. The summed E-state index contributed by atoms with van der Waals surface area (Å²) in [6.07, 6.45) is 0.894. The molecule has 0 fully saturated rings. The van der Waals surface area contributed by atoms with E-state index in [0.717, 1.165) is 28.4 Å². The first kappa shape index (κ1) is 9.28. The van der Waals surface area contributed by atoms with E-state index in [9.17, 15) is 4.79 Å². The van der Waals surface area contributed by atoms with E-state index >= 15 is 0 Å². The number of rotatable bonds is 1. The first-order chi connectivity index (χ1) is 6.65. The third-order valence-corrected chi connectivity index (χ3v) is 2.86. The van der Waals surface area contributed by atoms with Crippen molar-refractivity contribution in [3.63, 3.8) is 0 Å². The first-order valence-electron chi connectivity index (χ1n) is 4.35. The Morgan fingerprint density at radius 2 is 2.14 bits per heavy atom. The van der Waals surface area contributed by atoms with Crippen LogP contribution in [0.3, 0.4) is 0 Å². The second-order valence-electron chi connectivity index (χ2n) is 3.34. The molecule has 0 atom stereocenters. The predicted octanol–water partition coefficient (Wildman–Crippen LogP) is 2.95. The van der Waals surface area contributed by atoms with Crippen LogP contribution in [0.15, 0.2) is 18.2 Å². The standard InChI is InChI=1S/C11H10ClNO/c1-7-10(6-14)9-4-3-8(12)5-11(9)13(7)2/h3-6H,1-2H3. The van der Waals surface area contributed by atoms with Crippen LogP contribution in [0.25, 0.3) is 10.9 Å². The van der Waals surface area contributed by atoms with Crippen LogP contribution >= 0.6 is 11.6 Å². The number of fused-ring (bicyclic) bond motifs is 1. The molecule has 0 aliphatic rings. The fraction of sp³-hybridized carbons (Fsp3) is 0.182. The van der Waals surface area contributed by atoms with Crippen molar-refractivity contribution in [2.75, 3.05) is 0 Å². The van der Waals surface area contributed by atoms with Crippen molar-refractivity contribution in [2.24, 2.45) is 7.05 Å². The molecule has 2 aromatic rings. The van der Waals surface area contributed by atoms with Crippen LogP contribution in [-0.4, -0.2) is 10.9 Å². The Balaban J connectivity index is 2.95. The van der Waals surface area contributed by atoms with Gasteiger partial charge in [-0.25, -0.2) is 0 Å². The summed E-state index contributed by atoms with van der Waals surface area (Å²) >= 11 is 5.89. The number of aryl methyl sites for hydroxylation is 1. The summed E-state index contributed by atoms with van der Waals surface area (Å²) in [5, 5.41) is 1.65. The molecule has 14 heavy (non-hydrogen) atoms. The van der Waals surface area contributed by atoms with E-state index in [4.69, 9.17) is 11.6 Å². The van der Waals surface area contributed by atoms with Gasteiger partial charge in [0.05, 0.1) is 5.52 Å². The highest BCUT2D eigenvalue weighted by atomic mass is 35.5. The van der Waals surface area contributed by atoms with Crippen LogP contribution in [0.5, 0.6) is 0 Å². The van der Waals surface area contributed by atoms with Crippen molar-refractivity contribution in [1.29, 1.82) is 0 Å². The van der Waals surface area contributed by atoms with Gasteiger partial charge in [0, 0.05) is 28.7 Å². The van der Waals surface area contributed by atoms with Gasteiger partial charge in [0.25, 0.3) is 0 Å². The number of nitrogens with zero attached hydrogens (tertiary/aromatic N) is 1. The zero-order chi connectivity index (χ0) is 10.3. The van der Waals surface area contributed by atoms with Gasteiger partial charge in [0.1, 0.15) is 0 Å². The van der Waals surface area contributed by atoms with E-state index in [1.165, 1.54) is 0 Å². The van der Waals surface area contributed by atoms with Gasteiger partial charge >= 0.3 is 0 Å². The minimum atomic E-state index is 0.690. The summed E-state index contributed by atoms with van der Waals surface area (Å²) in [6.45, 7) is 1.93. The minimum Gasteiger partial charge on any atom is -0.347 e. The minimum absolute atomic E-state index is 0.690. The zero-order valence-corrected chi connectivity index (χ0v) is 8.80. The molecule has 1 aromatic carbocycles. The first-order valence-corrected chi connectivity index (χ1v) is 4.72. The van der Waals surface area contributed by atoms with E-state index in [0.29, 0.717) is 5.02 Å². The fourth-order valence-electron chi connectivity index (χ4n) is 1.72. The average Bonchev–Trinajstić information content (AvgIpc) is 2.41. The number of benzene rings is 1. The van der Waals surface area contributed by atoms with Gasteiger partial charge in [-0.2, -0.15) is 0 Å². The van der Waals surface area contributed by atoms with Crippen molar-refractivity contribution in [3.8, 4) is 0 Å². The molecule has 1 heterocycles. The number of halogens is 1. The van der Waals surface area contributed by atoms with Crippen molar-refractivity contribution in [2.45, 2.75) is 6.92 Å². The lowest BCUT2D eigenvalue weighted by Crippen LogP contribution is -1.91. The molecule has 0 unspecified atom stereocenters. The van der Waals surface area contributed by atoms with Crippen molar-refractivity contribution in [3.05, 3.63) is 34.5 Å². The molecule has 0 saturated carbocycles. The molecule has 0 N–H and O–H groups in total. The highest BCUT2D eigenvalue weighted by Gasteiger charge is 2.10. The molecule has 2 nitrogen and oxygen atoms in total. The van der Waals surface area contributed by atoms with Crippen molar-refractivity contribution < 1.29 is 4.79 Å². The SMILES string of the molecule is Cc1c(C=O)c2ccc(Cl)cc2n1C. The third-order valence-electron chi connectivity index (χ3n) is 2.62. The van der Waals surface area contributed by atoms with Gasteiger partial charge in [0.2, 0.25) is 0 Å². The highest BCUT2D eigenvalue weighted by Crippen LogP contribution is 2.25. The molecular weight excluding hydrogens is 198 g/mol. The maximum absolute atomic E-state index is 10.9. The Labute approximate surface area is 87.1 Å². The van der Waals surface area contributed by atoms with Crippen LogP contribution in [0.2, 0.25) is 5.02 Å². The Morgan fingerprint density at radius 3 is 2.79 bits per heavy atom. The number of carbonyl (C=O) groups excluding carboxylic acids is 1. The van der Waals surface area contributed by atoms with Crippen molar-refractivity contribution >= 4 is 28.8 Å². The summed E-state index contributed by atoms with van der Waals surface area (Å²) in [6, 6.07) is 5.56. The molecule has 0 bridgehead atoms. The second kappa shape index (κ2) is 3.14. The lowest BCUT2D eigenvalue weighted by atomic mass is 10.1. The number of aldehydes is 1. The molecule has 0 saturated heterocycles. The highest BCUT2D eigenvalue weighted by molar-refractivity contribution is 6.31. The number of aromatic nitrogens is 1. The summed E-state index contributed by atoms with van der Waals surface area (Å²) < 4.78 is 1.98. The van der Waals surface area contributed by atoms with Gasteiger partial charge in [-0.3, -0.25) is 4.79 Å². The van der Waals surface area contributed by atoms with Gasteiger partial charge in [-0.05, 0) is 19.1 Å². The Hall–Kier alpha value is -1.28. The molecule has 3 heteroatoms. The van der Waals surface area contributed by atoms with Gasteiger partial charge < -0.3 is 4.57 Å². The molecule has 72 valence electrons. The van der Waals surface area contributed by atoms with E-state index in [1.807, 2.05) is 30.7 Å². The summed E-state index contributed by atoms with van der Waals surface area (Å²) in [5.74, 6) is 0. The van der Waals surface area contributed by atoms with E-state index in [-0.39, 0.29) is 0 Å². The molecule has 1 aromatic heterocycles. The second-order valence-corrected chi connectivity index (χ2v) is 3.77. The maximum atomic E-state index is 10.9. The average molecular weight is 208 g/mol. The van der Waals surface area contributed by atoms with Crippen molar-refractivity contribution in [1.82, 2.24) is 4.57 Å². The number of hydrogen-bond acceptors (Lipinski definition) is 1. The van der Waals surface area contributed by atoms with Gasteiger partial charge in [-0.1, -0.05) is 17.7 Å². The van der Waals surface area contributed by atoms with Gasteiger partial charge in [0.15, 0.2) is 6.29 Å². The number of carbonyl (C=O) groups is 1. The Kier molecular flexibility index (Phi) is 2.08. The Bertz CT molecular complexity index is 513. The van der Waals surface area contributed by atoms with E-state index < -0.39 is 0 Å². The molecular formula is C11H10ClNO. The molecule has 0 radical (unpaired) electrons. The fourth-order valence-corrected chi connectivity index (χ4v) is 1.88. The lowest BCUT2D eigenvalue weighted by Gasteiger charge is -1.97. The normalized spacial score (nSPS) is 10.8. The monoisotopic (exact) mass is 207 g/mol. The van der Waals surface area contributed by atoms with Gasteiger partial charge in [-0.15, -0.1) is 0 Å². The van der Waals surface area contributed by atoms with Crippen LogP contribution < -0.4 is 0 Å². The largest absolute Gasteiger partial charge is 0.347 e. The number of hydrogen-bond donors (Lipinski definition) is 0. The van der Waals surface area contributed by atoms with E-state index in [1.54, 1.807) is 6.07 Å². The molecule has 0 amide bonds. The van der Waals surface area contributed by atoms with Crippen LogP contribution in [0.1, 0.15) is 16.1 Å². The Morgan fingerprint density at radius 1 is 1.43 bits per heavy atom. The van der Waals surface area contributed by atoms with Crippen LogP contribution in [0, 0.1) is 6.92 Å². The van der Waals surface area contributed by atoms with Crippen LogP contribution in [0.4, 0.5) is 0 Å². The molecule has 0 aliphatic carbocycles. The van der Waals surface area contributed by atoms with E-state index in [2.05, 4.69) is 0 Å². The summed E-state index contributed by atoms with van der Waals surface area (Å²) in [7, 11) is 1.93. The topological polar surface area (TPSA) is 22.0 Å². The quantitative estimate of drug-likeness (QED) is 0.659. The maximum Gasteiger partial charge on any atom is 0.152 e. The molecule has 0 spiro atoms. The molecule has 2 rings (SSSR count).